The highest BCUT2D eigenvalue weighted by Gasteiger charge is 2.48. The van der Waals surface area contributed by atoms with Gasteiger partial charge in [0, 0.05) is 16.7 Å². The van der Waals surface area contributed by atoms with Gasteiger partial charge in [0.15, 0.2) is 23.2 Å². The molecule has 11 rings (SSSR count). The Morgan fingerprint density at radius 1 is 0.317 bits per heavy atom. The van der Waals surface area contributed by atoms with Crippen LogP contribution in [0.5, 0.6) is 0 Å². The van der Waals surface area contributed by atoms with Crippen molar-refractivity contribution in [2.24, 2.45) is 0 Å². The first kappa shape index (κ1) is 37.5. The molecule has 0 N–H and O–H groups in total. The molecular weight excluding hydrogens is 765 g/mol. The highest BCUT2D eigenvalue weighted by molar-refractivity contribution is 5.99. The maximum absolute atomic E-state index is 8.35. The van der Waals surface area contributed by atoms with Crippen LogP contribution in [0.1, 0.15) is 22.3 Å². The van der Waals surface area contributed by atoms with Crippen molar-refractivity contribution in [3.05, 3.63) is 264 Å². The Morgan fingerprint density at radius 3 is 1.24 bits per heavy atom. The molecule has 294 valence electrons. The van der Waals surface area contributed by atoms with Gasteiger partial charge in [0.2, 0.25) is 0 Å². The van der Waals surface area contributed by atoms with E-state index in [9.17, 15) is 0 Å². The lowest BCUT2D eigenvalue weighted by atomic mass is 9.66. The SMILES string of the molecule is [C-]#[N+]c1cccc2c1-c1cccc(-c3ccccc3-c3nc(-c4ccc(-c5ccccc5)cc4)nc(-c4ccc(-c5ccccc5)cc4)n3)c1C2(c1ccccc1)c1ccccc1. The number of fused-ring (bicyclic) bond motifs is 3. The molecule has 0 spiro atoms. The van der Waals surface area contributed by atoms with E-state index >= 15 is 0 Å². The topological polar surface area (TPSA) is 43.0 Å². The van der Waals surface area contributed by atoms with Gasteiger partial charge in [-0.2, -0.15) is 0 Å². The first-order valence-corrected chi connectivity index (χ1v) is 21.1. The maximum Gasteiger partial charge on any atom is 0.195 e. The van der Waals surface area contributed by atoms with Gasteiger partial charge in [0.1, 0.15) is 0 Å². The monoisotopic (exact) mass is 802 g/mol. The summed E-state index contributed by atoms with van der Waals surface area (Å²) in [4.78, 5) is 19.9. The normalized spacial score (nSPS) is 12.2. The maximum atomic E-state index is 8.35. The highest BCUT2D eigenvalue weighted by Crippen LogP contribution is 2.61. The van der Waals surface area contributed by atoms with Gasteiger partial charge in [-0.25, -0.2) is 19.8 Å². The summed E-state index contributed by atoms with van der Waals surface area (Å²) in [5, 5.41) is 0. The van der Waals surface area contributed by atoms with Crippen molar-refractivity contribution >= 4 is 5.69 Å². The van der Waals surface area contributed by atoms with Crippen LogP contribution in [0.3, 0.4) is 0 Å². The van der Waals surface area contributed by atoms with Gasteiger partial charge in [0.05, 0.1) is 12.0 Å². The van der Waals surface area contributed by atoms with Crippen LogP contribution < -0.4 is 0 Å². The average molecular weight is 803 g/mol. The predicted octanol–water partition coefficient (Wildman–Crippen LogP) is 14.8. The molecule has 0 unspecified atom stereocenters. The predicted molar refractivity (Wildman–Crippen MR) is 256 cm³/mol. The van der Waals surface area contributed by atoms with Crippen LogP contribution in [0.15, 0.2) is 231 Å². The lowest BCUT2D eigenvalue weighted by molar-refractivity contribution is 0.770. The van der Waals surface area contributed by atoms with Gasteiger partial charge in [-0.05, 0) is 66.8 Å². The Bertz CT molecular complexity index is 3160. The van der Waals surface area contributed by atoms with Crippen LogP contribution in [0.4, 0.5) is 5.69 Å². The third-order valence-corrected chi connectivity index (χ3v) is 12.3. The summed E-state index contributed by atoms with van der Waals surface area (Å²) in [6, 6.07) is 80.3. The van der Waals surface area contributed by atoms with Crippen LogP contribution in [0.25, 0.3) is 83.5 Å². The van der Waals surface area contributed by atoms with Gasteiger partial charge in [-0.15, -0.1) is 0 Å². The van der Waals surface area contributed by atoms with E-state index in [1.807, 2.05) is 24.3 Å². The number of aromatic nitrogens is 3. The minimum Gasteiger partial charge on any atom is -0.238 e. The zero-order valence-corrected chi connectivity index (χ0v) is 34.2. The van der Waals surface area contributed by atoms with Gasteiger partial charge >= 0.3 is 0 Å². The van der Waals surface area contributed by atoms with E-state index in [0.717, 1.165) is 83.5 Å². The van der Waals surface area contributed by atoms with Crippen molar-refractivity contribution in [1.29, 1.82) is 0 Å². The van der Waals surface area contributed by atoms with Crippen molar-refractivity contribution in [1.82, 2.24) is 15.0 Å². The molecule has 4 heteroatoms. The summed E-state index contributed by atoms with van der Waals surface area (Å²) >= 11 is 0. The number of hydrogen-bond acceptors (Lipinski definition) is 3. The third-order valence-electron chi connectivity index (χ3n) is 12.3. The summed E-state index contributed by atoms with van der Waals surface area (Å²) in [6.45, 7) is 8.35. The van der Waals surface area contributed by atoms with E-state index in [1.165, 1.54) is 0 Å². The summed E-state index contributed by atoms with van der Waals surface area (Å²) in [6.07, 6.45) is 0. The Morgan fingerprint density at radius 2 is 0.714 bits per heavy atom. The molecule has 0 fully saturated rings. The quantitative estimate of drug-likeness (QED) is 0.144. The minimum atomic E-state index is -0.728. The summed E-state index contributed by atoms with van der Waals surface area (Å²) in [7, 11) is 0. The molecule has 0 atom stereocenters. The number of hydrogen-bond donors (Lipinski definition) is 0. The van der Waals surface area contributed by atoms with Crippen molar-refractivity contribution in [2.45, 2.75) is 5.41 Å². The lowest BCUT2D eigenvalue weighted by Crippen LogP contribution is -2.29. The van der Waals surface area contributed by atoms with Crippen molar-refractivity contribution in [2.75, 3.05) is 0 Å². The van der Waals surface area contributed by atoms with E-state index in [2.05, 4.69) is 211 Å². The van der Waals surface area contributed by atoms with E-state index in [4.69, 9.17) is 21.5 Å². The van der Waals surface area contributed by atoms with Crippen LogP contribution in [-0.4, -0.2) is 15.0 Å². The average Bonchev–Trinajstić information content (AvgIpc) is 3.69. The fourth-order valence-electron chi connectivity index (χ4n) is 9.45. The molecule has 1 heterocycles. The smallest absolute Gasteiger partial charge is 0.195 e. The van der Waals surface area contributed by atoms with Crippen molar-refractivity contribution < 1.29 is 0 Å². The fraction of sp³-hybridized carbons (Fsp3) is 0.0169. The molecule has 1 aliphatic carbocycles. The van der Waals surface area contributed by atoms with Crippen LogP contribution in [-0.2, 0) is 5.41 Å². The number of nitrogens with zero attached hydrogens (tertiary/aromatic N) is 4. The molecule has 0 radical (unpaired) electrons. The second kappa shape index (κ2) is 15.8. The minimum absolute atomic E-state index is 0.574. The number of benzene rings is 9. The van der Waals surface area contributed by atoms with Gasteiger partial charge in [-0.1, -0.05) is 231 Å². The molecule has 0 amide bonds. The van der Waals surface area contributed by atoms with Gasteiger partial charge < -0.3 is 0 Å². The van der Waals surface area contributed by atoms with E-state index in [-0.39, 0.29) is 0 Å². The largest absolute Gasteiger partial charge is 0.238 e. The molecule has 0 saturated heterocycles. The molecule has 4 nitrogen and oxygen atoms in total. The Balaban J connectivity index is 1.14. The molecule has 0 saturated carbocycles. The van der Waals surface area contributed by atoms with Crippen LogP contribution >= 0.6 is 0 Å². The van der Waals surface area contributed by atoms with E-state index in [1.54, 1.807) is 0 Å². The fourth-order valence-corrected chi connectivity index (χ4v) is 9.45. The van der Waals surface area contributed by atoms with Crippen molar-refractivity contribution in [3.63, 3.8) is 0 Å². The molecule has 63 heavy (non-hydrogen) atoms. The molecule has 0 bridgehead atoms. The second-order valence-corrected chi connectivity index (χ2v) is 15.8. The molecule has 10 aromatic rings. The van der Waals surface area contributed by atoms with Crippen LogP contribution in [0.2, 0.25) is 0 Å². The van der Waals surface area contributed by atoms with E-state index in [0.29, 0.717) is 23.2 Å². The molecule has 9 aromatic carbocycles. The summed E-state index contributed by atoms with van der Waals surface area (Å²) < 4.78 is 0. The lowest BCUT2D eigenvalue weighted by Gasteiger charge is -2.35. The Labute approximate surface area is 367 Å². The van der Waals surface area contributed by atoms with E-state index < -0.39 is 5.41 Å². The zero-order valence-electron chi connectivity index (χ0n) is 34.2. The Kier molecular flexibility index (Phi) is 9.41. The zero-order chi connectivity index (χ0) is 42.2. The third kappa shape index (κ3) is 6.43. The van der Waals surface area contributed by atoms with Gasteiger partial charge in [0.25, 0.3) is 0 Å². The highest BCUT2D eigenvalue weighted by atomic mass is 15.0. The first-order chi connectivity index (χ1) is 31.2. The summed E-state index contributed by atoms with van der Waals surface area (Å²) in [5.41, 5.74) is 15.7. The number of rotatable bonds is 8. The molecule has 0 aliphatic heterocycles. The standard InChI is InChI=1S/C59H38N4/c1-60-53-31-17-30-52-54(53)51-29-16-28-49(55(51)59(52,46-22-10-4-11-23-46)47-24-12-5-13-25-47)48-26-14-15-27-50(48)58-62-56(44-36-32-42(33-37-44)40-18-6-2-7-19-40)61-57(63-58)45-38-34-43(35-39-45)41-20-8-3-9-21-41/h2-39H. The Hall–Kier alpha value is -8.52. The first-order valence-electron chi connectivity index (χ1n) is 21.1. The van der Waals surface area contributed by atoms with Crippen LogP contribution in [0, 0.1) is 6.57 Å². The molecule has 1 aliphatic rings. The second-order valence-electron chi connectivity index (χ2n) is 15.8. The molecule has 1 aromatic heterocycles. The van der Waals surface area contributed by atoms with Crippen molar-refractivity contribution in [3.8, 4) is 78.7 Å². The molecular formula is C59H38N4. The van der Waals surface area contributed by atoms with Gasteiger partial charge in [-0.3, -0.25) is 0 Å². The summed E-state index contributed by atoms with van der Waals surface area (Å²) in [5.74, 6) is 1.75.